The third-order valence-electron chi connectivity index (χ3n) is 3.30. The molecule has 0 aromatic carbocycles. The SMILES string of the molecule is NNc1ncc(C(=O)NCCC2CCC2)cc1Cl. The van der Waals surface area contributed by atoms with Gasteiger partial charge in [0, 0.05) is 12.7 Å². The van der Waals surface area contributed by atoms with Gasteiger partial charge in [-0.05, 0) is 18.4 Å². The van der Waals surface area contributed by atoms with Gasteiger partial charge in [0.2, 0.25) is 0 Å². The second kappa shape index (κ2) is 6.02. The molecule has 1 aliphatic carbocycles. The Morgan fingerprint density at radius 3 is 2.89 bits per heavy atom. The predicted octanol–water partition coefficient (Wildman–Crippen LogP) is 1.94. The molecule has 0 radical (unpaired) electrons. The summed E-state index contributed by atoms with van der Waals surface area (Å²) in [5.41, 5.74) is 2.81. The first kappa shape index (κ1) is 13.1. The number of nitrogens with one attached hydrogen (secondary N) is 2. The summed E-state index contributed by atoms with van der Waals surface area (Å²) in [5.74, 6) is 6.22. The maximum absolute atomic E-state index is 11.8. The van der Waals surface area contributed by atoms with Crippen molar-refractivity contribution in [1.82, 2.24) is 10.3 Å². The summed E-state index contributed by atoms with van der Waals surface area (Å²) >= 11 is 5.90. The molecule has 1 heterocycles. The molecule has 0 atom stereocenters. The zero-order valence-electron chi connectivity index (χ0n) is 10.1. The fourth-order valence-electron chi connectivity index (χ4n) is 1.94. The summed E-state index contributed by atoms with van der Waals surface area (Å²) in [7, 11) is 0. The molecule has 2 rings (SSSR count). The van der Waals surface area contributed by atoms with E-state index in [-0.39, 0.29) is 5.91 Å². The van der Waals surface area contributed by atoms with Crippen molar-refractivity contribution in [3.8, 4) is 0 Å². The van der Waals surface area contributed by atoms with Gasteiger partial charge in [-0.2, -0.15) is 0 Å². The van der Waals surface area contributed by atoms with Crippen molar-refractivity contribution in [3.63, 3.8) is 0 Å². The third-order valence-corrected chi connectivity index (χ3v) is 3.59. The fourth-order valence-corrected chi connectivity index (χ4v) is 2.16. The smallest absolute Gasteiger partial charge is 0.252 e. The molecule has 1 aliphatic rings. The van der Waals surface area contributed by atoms with E-state index in [0.717, 1.165) is 12.3 Å². The highest BCUT2D eigenvalue weighted by Gasteiger charge is 2.17. The molecule has 1 saturated carbocycles. The van der Waals surface area contributed by atoms with Gasteiger partial charge in [0.15, 0.2) is 5.82 Å². The number of carbonyl (C=O) groups excluding carboxylic acids is 1. The van der Waals surface area contributed by atoms with Crippen molar-refractivity contribution in [2.45, 2.75) is 25.7 Å². The first-order valence-corrected chi connectivity index (χ1v) is 6.49. The maximum atomic E-state index is 11.8. The van der Waals surface area contributed by atoms with Gasteiger partial charge in [-0.1, -0.05) is 30.9 Å². The molecular formula is C12H17ClN4O. The molecule has 0 bridgehead atoms. The van der Waals surface area contributed by atoms with E-state index in [4.69, 9.17) is 17.4 Å². The van der Waals surface area contributed by atoms with Crippen molar-refractivity contribution >= 4 is 23.3 Å². The van der Waals surface area contributed by atoms with E-state index in [9.17, 15) is 4.79 Å². The monoisotopic (exact) mass is 268 g/mol. The number of hydrogen-bond donors (Lipinski definition) is 3. The van der Waals surface area contributed by atoms with Gasteiger partial charge in [-0.3, -0.25) is 4.79 Å². The zero-order valence-corrected chi connectivity index (χ0v) is 10.8. The van der Waals surface area contributed by atoms with Gasteiger partial charge in [0.05, 0.1) is 10.6 Å². The summed E-state index contributed by atoms with van der Waals surface area (Å²) in [5, 5.41) is 3.21. The Morgan fingerprint density at radius 1 is 1.56 bits per heavy atom. The number of halogens is 1. The highest BCUT2D eigenvalue weighted by Crippen LogP contribution is 2.28. The summed E-state index contributed by atoms with van der Waals surface area (Å²) in [4.78, 5) is 15.8. The van der Waals surface area contributed by atoms with E-state index in [1.54, 1.807) is 6.07 Å². The van der Waals surface area contributed by atoms with Gasteiger partial charge in [-0.15, -0.1) is 0 Å². The highest BCUT2D eigenvalue weighted by molar-refractivity contribution is 6.33. The van der Waals surface area contributed by atoms with Crippen LogP contribution in [0.3, 0.4) is 0 Å². The number of nitrogens with zero attached hydrogens (tertiary/aromatic N) is 1. The molecule has 5 nitrogen and oxygen atoms in total. The lowest BCUT2D eigenvalue weighted by molar-refractivity contribution is 0.0948. The number of amides is 1. The highest BCUT2D eigenvalue weighted by atomic mass is 35.5. The summed E-state index contributed by atoms with van der Waals surface area (Å²) in [6, 6.07) is 1.56. The Morgan fingerprint density at radius 2 is 2.33 bits per heavy atom. The second-order valence-corrected chi connectivity index (χ2v) is 4.95. The molecule has 98 valence electrons. The lowest BCUT2D eigenvalue weighted by atomic mass is 9.83. The fraction of sp³-hybridized carbons (Fsp3) is 0.500. The predicted molar refractivity (Wildman–Crippen MR) is 71.3 cm³/mol. The lowest BCUT2D eigenvalue weighted by Gasteiger charge is -2.25. The number of hydrazine groups is 1. The van der Waals surface area contributed by atoms with Crippen molar-refractivity contribution in [3.05, 3.63) is 22.8 Å². The Hall–Kier alpha value is -1.33. The van der Waals surface area contributed by atoms with E-state index < -0.39 is 0 Å². The second-order valence-electron chi connectivity index (χ2n) is 4.54. The summed E-state index contributed by atoms with van der Waals surface area (Å²) in [6.07, 6.45) is 6.42. The van der Waals surface area contributed by atoms with Crippen LogP contribution in [0, 0.1) is 5.92 Å². The number of anilines is 1. The largest absolute Gasteiger partial charge is 0.352 e. The Labute approximate surface area is 111 Å². The van der Waals surface area contributed by atoms with Gasteiger partial charge >= 0.3 is 0 Å². The molecule has 6 heteroatoms. The molecule has 0 saturated heterocycles. The van der Waals surface area contributed by atoms with Crippen molar-refractivity contribution < 1.29 is 4.79 Å². The van der Waals surface area contributed by atoms with E-state index in [1.807, 2.05) is 0 Å². The topological polar surface area (TPSA) is 80.0 Å². The van der Waals surface area contributed by atoms with Crippen LogP contribution in [0.2, 0.25) is 5.02 Å². The number of aromatic nitrogens is 1. The van der Waals surface area contributed by atoms with Gasteiger partial charge in [0.25, 0.3) is 5.91 Å². The first-order chi connectivity index (χ1) is 8.70. The summed E-state index contributed by atoms with van der Waals surface area (Å²) < 4.78 is 0. The molecule has 1 fully saturated rings. The van der Waals surface area contributed by atoms with E-state index in [1.165, 1.54) is 25.5 Å². The van der Waals surface area contributed by atoms with Crippen molar-refractivity contribution in [2.24, 2.45) is 11.8 Å². The minimum atomic E-state index is -0.146. The minimum absolute atomic E-state index is 0.146. The van der Waals surface area contributed by atoms with Crippen LogP contribution in [0.1, 0.15) is 36.0 Å². The molecule has 18 heavy (non-hydrogen) atoms. The molecule has 1 amide bonds. The van der Waals surface area contributed by atoms with Crippen LogP contribution >= 0.6 is 11.6 Å². The quantitative estimate of drug-likeness (QED) is 0.563. The summed E-state index contributed by atoms with van der Waals surface area (Å²) in [6.45, 7) is 0.706. The molecule has 1 aromatic rings. The van der Waals surface area contributed by atoms with Crippen LogP contribution in [0.5, 0.6) is 0 Å². The molecular weight excluding hydrogens is 252 g/mol. The van der Waals surface area contributed by atoms with Gasteiger partial charge in [-0.25, -0.2) is 10.8 Å². The Balaban J connectivity index is 1.85. The standard InChI is InChI=1S/C12H17ClN4O/c13-10-6-9(7-16-11(10)17-14)12(18)15-5-4-8-2-1-3-8/h6-8H,1-5,14H2,(H,15,18)(H,16,17). The lowest BCUT2D eigenvalue weighted by Crippen LogP contribution is -2.27. The number of carbonyl (C=O) groups is 1. The maximum Gasteiger partial charge on any atom is 0.252 e. The number of nitrogens with two attached hydrogens (primary N) is 1. The number of nitrogen functional groups attached to an aromatic ring is 1. The van der Waals surface area contributed by atoms with E-state index in [0.29, 0.717) is 22.9 Å². The average molecular weight is 269 g/mol. The van der Waals surface area contributed by atoms with Crippen molar-refractivity contribution in [1.29, 1.82) is 0 Å². The van der Waals surface area contributed by atoms with Crippen LogP contribution in [0.15, 0.2) is 12.3 Å². The van der Waals surface area contributed by atoms with Crippen LogP contribution in [-0.4, -0.2) is 17.4 Å². The van der Waals surface area contributed by atoms with E-state index in [2.05, 4.69) is 15.7 Å². The first-order valence-electron chi connectivity index (χ1n) is 6.11. The Bertz CT molecular complexity index is 434. The zero-order chi connectivity index (χ0) is 13.0. The van der Waals surface area contributed by atoms with Crippen LogP contribution in [0.4, 0.5) is 5.82 Å². The number of rotatable bonds is 5. The molecule has 4 N–H and O–H groups in total. The van der Waals surface area contributed by atoms with E-state index >= 15 is 0 Å². The average Bonchev–Trinajstić information content (AvgIpc) is 2.32. The molecule has 1 aromatic heterocycles. The van der Waals surface area contributed by atoms with Crippen molar-refractivity contribution in [2.75, 3.05) is 12.0 Å². The van der Waals surface area contributed by atoms with Crippen LogP contribution in [0.25, 0.3) is 0 Å². The van der Waals surface area contributed by atoms with Gasteiger partial charge in [0.1, 0.15) is 0 Å². The molecule has 0 aliphatic heterocycles. The minimum Gasteiger partial charge on any atom is -0.352 e. The Kier molecular flexibility index (Phi) is 4.38. The van der Waals surface area contributed by atoms with Crippen LogP contribution in [-0.2, 0) is 0 Å². The molecule has 0 spiro atoms. The third kappa shape index (κ3) is 3.11. The number of pyridine rings is 1. The molecule has 0 unspecified atom stereocenters. The number of hydrogen-bond acceptors (Lipinski definition) is 4. The van der Waals surface area contributed by atoms with Crippen LogP contribution < -0.4 is 16.6 Å². The van der Waals surface area contributed by atoms with Gasteiger partial charge < -0.3 is 10.7 Å². The normalized spacial score (nSPS) is 15.0.